The summed E-state index contributed by atoms with van der Waals surface area (Å²) >= 11 is 3.86. The van der Waals surface area contributed by atoms with E-state index in [4.69, 9.17) is 0 Å². The van der Waals surface area contributed by atoms with Crippen LogP contribution in [0.3, 0.4) is 0 Å². The van der Waals surface area contributed by atoms with Crippen molar-refractivity contribution in [3.63, 3.8) is 0 Å². The molecule has 0 heterocycles. The number of hydrogen-bond acceptors (Lipinski definition) is 0. The fourth-order valence-corrected chi connectivity index (χ4v) is 1.17. The van der Waals surface area contributed by atoms with Crippen molar-refractivity contribution in [3.05, 3.63) is 0 Å². The summed E-state index contributed by atoms with van der Waals surface area (Å²) < 4.78 is 1.28. The second-order valence-electron chi connectivity index (χ2n) is 3.11. The van der Waals surface area contributed by atoms with Crippen LogP contribution in [-0.2, 0) is 18.3 Å². The van der Waals surface area contributed by atoms with Gasteiger partial charge in [-0.15, -0.1) is 0 Å². The first kappa shape index (κ1) is 14.9. The van der Waals surface area contributed by atoms with Gasteiger partial charge in [0.2, 0.25) is 0 Å². The molecule has 0 aromatic heterocycles. The Kier molecular flexibility index (Phi) is 18.8. The monoisotopic (exact) mass is 319 g/mol. The third kappa shape index (κ3) is 24.6. The number of unbranched alkanes of at least 4 members (excludes halogenated alkanes) is 2. The van der Waals surface area contributed by atoms with Gasteiger partial charge in [0.1, 0.15) is 0 Å². The summed E-state index contributed by atoms with van der Waals surface area (Å²) in [5, 5.41) is 1.48. The van der Waals surface area contributed by atoms with E-state index in [1.54, 1.807) is 0 Å². The Hall–Kier alpha value is 1.35. The summed E-state index contributed by atoms with van der Waals surface area (Å²) in [4.78, 5) is 0. The quantitative estimate of drug-likeness (QED) is 0.315. The van der Waals surface area contributed by atoms with Crippen molar-refractivity contribution in [1.29, 1.82) is 0 Å². The molecule has 0 saturated heterocycles. The van der Waals surface area contributed by atoms with Crippen LogP contribution in [0.5, 0.6) is 0 Å². The molecule has 11 heavy (non-hydrogen) atoms. The van der Waals surface area contributed by atoms with Gasteiger partial charge in [0.05, 0.1) is 0 Å². The van der Waals surface area contributed by atoms with Crippen LogP contribution in [-0.4, -0.2) is 4.43 Å². The summed E-state index contributed by atoms with van der Waals surface area (Å²) in [6.07, 6.45) is 4.29. The molecule has 0 aliphatic rings. The van der Waals surface area contributed by atoms with E-state index < -0.39 is 0 Å². The van der Waals surface area contributed by atoms with Gasteiger partial charge in [-0.3, -0.25) is 0 Å². The maximum atomic E-state index is 2.38. The average Bonchev–Trinajstić information content (AvgIpc) is 2.02. The molecule has 0 rings (SSSR count). The molecule has 0 aromatic carbocycles. The maximum absolute atomic E-state index is 2.38. The van der Waals surface area contributed by atoms with Gasteiger partial charge >= 0.3 is 49.5 Å². The average molecular weight is 321 g/mol. The molecule has 0 nitrogen and oxygen atoms in total. The zero-order valence-corrected chi connectivity index (χ0v) is 13.3. The molecule has 0 saturated carbocycles. The minimum absolute atomic E-state index is 0.871. The van der Waals surface area contributed by atoms with E-state index >= 15 is 0 Å². The molecule has 0 aliphatic heterocycles. The topological polar surface area (TPSA) is 0 Å². The van der Waals surface area contributed by atoms with E-state index in [-0.39, 0.29) is 0 Å². The second-order valence-corrected chi connectivity index (χ2v) is 5.47. The van der Waals surface area contributed by atoms with Crippen molar-refractivity contribution < 1.29 is 18.3 Å². The Morgan fingerprint density at radius 2 is 1.73 bits per heavy atom. The number of rotatable bonds is 4. The molecule has 0 aliphatic carbocycles. The molecule has 0 atom stereocenters. The van der Waals surface area contributed by atoms with Gasteiger partial charge in [-0.25, -0.2) is 0 Å². The SMILES string of the molecule is CC(C)CI.CCCC[CH2][Zn]. The first-order chi connectivity index (χ1) is 5.18. The van der Waals surface area contributed by atoms with Gasteiger partial charge in [-0.2, -0.15) is 0 Å². The van der Waals surface area contributed by atoms with Crippen molar-refractivity contribution in [1.82, 2.24) is 0 Å². The molecule has 65 valence electrons. The van der Waals surface area contributed by atoms with Crippen molar-refractivity contribution in [2.24, 2.45) is 5.92 Å². The Morgan fingerprint density at radius 3 is 1.82 bits per heavy atom. The molecule has 2 heteroatoms. The van der Waals surface area contributed by atoms with E-state index in [2.05, 4.69) is 43.4 Å². The molecule has 0 aromatic rings. The Labute approximate surface area is 95.7 Å². The number of hydrogen-bond donors (Lipinski definition) is 0. The standard InChI is InChI=1S/C5H11.C4H9I.Zn/c1-3-5-4-2;1-4(2)3-5;/h1,3-5H2,2H3;4H,3H2,1-2H3;. The molecular formula is C9H20IZn. The van der Waals surface area contributed by atoms with E-state index in [0.29, 0.717) is 0 Å². The van der Waals surface area contributed by atoms with E-state index in [0.717, 1.165) is 5.92 Å². The van der Waals surface area contributed by atoms with Crippen LogP contribution in [0.25, 0.3) is 0 Å². The minimum atomic E-state index is 0.871. The third-order valence-corrected chi connectivity index (χ3v) is 3.97. The third-order valence-electron chi connectivity index (χ3n) is 1.16. The second kappa shape index (κ2) is 13.9. The van der Waals surface area contributed by atoms with Crippen LogP contribution in [0, 0.1) is 5.92 Å². The molecule has 0 spiro atoms. The predicted octanol–water partition coefficient (Wildman–Crippen LogP) is 4.22. The summed E-state index contributed by atoms with van der Waals surface area (Å²) in [5.41, 5.74) is 0. The normalized spacial score (nSPS) is 9.36. The summed E-state index contributed by atoms with van der Waals surface area (Å²) in [5.74, 6) is 0.871. The molecule has 0 radical (unpaired) electrons. The van der Waals surface area contributed by atoms with Crippen molar-refractivity contribution >= 4 is 22.6 Å². The van der Waals surface area contributed by atoms with Gasteiger partial charge in [0.25, 0.3) is 0 Å². The predicted molar refractivity (Wildman–Crippen MR) is 58.1 cm³/mol. The van der Waals surface area contributed by atoms with Gasteiger partial charge in [0.15, 0.2) is 0 Å². The van der Waals surface area contributed by atoms with E-state index in [1.807, 2.05) is 0 Å². The van der Waals surface area contributed by atoms with Crippen molar-refractivity contribution in [3.8, 4) is 0 Å². The van der Waals surface area contributed by atoms with Gasteiger partial charge in [-0.1, -0.05) is 36.4 Å². The van der Waals surface area contributed by atoms with Crippen LogP contribution in [0.1, 0.15) is 40.0 Å². The van der Waals surface area contributed by atoms with Crippen molar-refractivity contribution in [2.45, 2.75) is 45.0 Å². The molecule has 0 N–H and O–H groups in total. The fraction of sp³-hybridized carbons (Fsp3) is 1.00. The first-order valence-electron chi connectivity index (χ1n) is 4.54. The zero-order valence-electron chi connectivity index (χ0n) is 8.20. The van der Waals surface area contributed by atoms with Crippen LogP contribution in [0.15, 0.2) is 0 Å². The van der Waals surface area contributed by atoms with E-state index in [1.165, 1.54) is 47.0 Å². The first-order valence-corrected chi connectivity index (χ1v) is 8.16. The summed E-state index contributed by atoms with van der Waals surface area (Å²) in [6.45, 7) is 6.68. The summed E-state index contributed by atoms with van der Waals surface area (Å²) in [7, 11) is 0. The number of alkyl halides is 1. The van der Waals surface area contributed by atoms with E-state index in [9.17, 15) is 0 Å². The molecule has 0 unspecified atom stereocenters. The van der Waals surface area contributed by atoms with Crippen LogP contribution < -0.4 is 0 Å². The fourth-order valence-electron chi connectivity index (χ4n) is 0.427. The van der Waals surface area contributed by atoms with Crippen LogP contribution in [0.2, 0.25) is 5.02 Å². The Morgan fingerprint density at radius 1 is 1.27 bits per heavy atom. The molecular weight excluding hydrogens is 300 g/mol. The van der Waals surface area contributed by atoms with Gasteiger partial charge in [-0.05, 0) is 5.92 Å². The molecule has 0 fully saturated rings. The van der Waals surface area contributed by atoms with Crippen molar-refractivity contribution in [2.75, 3.05) is 4.43 Å². The molecule has 0 amide bonds. The van der Waals surface area contributed by atoms with Crippen LogP contribution >= 0.6 is 22.6 Å². The summed E-state index contributed by atoms with van der Waals surface area (Å²) in [6, 6.07) is 0. The molecule has 0 bridgehead atoms. The number of halogens is 1. The Bertz CT molecular complexity index is 51.5. The zero-order chi connectivity index (χ0) is 9.11. The van der Waals surface area contributed by atoms with Gasteiger partial charge < -0.3 is 0 Å². The Balaban J connectivity index is 0. The van der Waals surface area contributed by atoms with Crippen LogP contribution in [0.4, 0.5) is 0 Å². The van der Waals surface area contributed by atoms with Gasteiger partial charge in [0, 0.05) is 4.43 Å².